The molecule has 6 heteroatoms. The lowest BCUT2D eigenvalue weighted by molar-refractivity contribution is 0.0926. The highest BCUT2D eigenvalue weighted by atomic mass is 32.1. The molecule has 5 nitrogen and oxygen atoms in total. The van der Waals surface area contributed by atoms with E-state index in [0.29, 0.717) is 5.69 Å². The molecule has 128 valence electrons. The molecule has 0 bridgehead atoms. The van der Waals surface area contributed by atoms with Gasteiger partial charge in [0.15, 0.2) is 0 Å². The van der Waals surface area contributed by atoms with Crippen LogP contribution in [0.1, 0.15) is 37.2 Å². The zero-order valence-electron chi connectivity index (χ0n) is 14.0. The van der Waals surface area contributed by atoms with Crippen LogP contribution < -0.4 is 15.4 Å². The Kier molecular flexibility index (Phi) is 5.48. The number of hydrogen-bond donors (Lipinski definition) is 2. The molecule has 1 atom stereocenters. The van der Waals surface area contributed by atoms with Gasteiger partial charge < -0.3 is 15.4 Å². The van der Waals surface area contributed by atoms with E-state index in [9.17, 15) is 4.79 Å². The van der Waals surface area contributed by atoms with Crippen molar-refractivity contribution in [3.05, 3.63) is 35.3 Å². The first-order valence-corrected chi connectivity index (χ1v) is 9.24. The van der Waals surface area contributed by atoms with E-state index in [2.05, 4.69) is 15.6 Å². The highest BCUT2D eigenvalue weighted by molar-refractivity contribution is 7.13. The van der Waals surface area contributed by atoms with Gasteiger partial charge in [0, 0.05) is 23.5 Å². The number of hydrogen-bond acceptors (Lipinski definition) is 5. The summed E-state index contributed by atoms with van der Waals surface area (Å²) in [5.41, 5.74) is 1.48. The van der Waals surface area contributed by atoms with Gasteiger partial charge in [-0.1, -0.05) is 0 Å². The van der Waals surface area contributed by atoms with E-state index in [1.165, 1.54) is 11.3 Å². The summed E-state index contributed by atoms with van der Waals surface area (Å²) in [6, 6.07) is 8.02. The molecule has 0 radical (unpaired) electrons. The molecule has 1 aliphatic heterocycles. The van der Waals surface area contributed by atoms with E-state index in [0.717, 1.165) is 42.3 Å². The predicted octanol–water partition coefficient (Wildman–Crippen LogP) is 3.08. The minimum atomic E-state index is -0.0917. The average Bonchev–Trinajstić information content (AvgIpc) is 3.06. The predicted molar refractivity (Wildman–Crippen MR) is 96.7 cm³/mol. The molecule has 1 fully saturated rings. The minimum Gasteiger partial charge on any atom is -0.491 e. The van der Waals surface area contributed by atoms with Crippen molar-refractivity contribution in [1.82, 2.24) is 15.6 Å². The van der Waals surface area contributed by atoms with Gasteiger partial charge in [-0.3, -0.25) is 4.79 Å². The third-order valence-electron chi connectivity index (χ3n) is 3.84. The topological polar surface area (TPSA) is 63.2 Å². The second-order valence-electron chi connectivity index (χ2n) is 6.25. The Balaban J connectivity index is 1.65. The van der Waals surface area contributed by atoms with Crippen LogP contribution in [0.15, 0.2) is 29.6 Å². The monoisotopic (exact) mass is 345 g/mol. The maximum atomic E-state index is 12.3. The summed E-state index contributed by atoms with van der Waals surface area (Å²) in [6.07, 6.45) is 2.27. The molecule has 2 aromatic rings. The first-order valence-electron chi connectivity index (χ1n) is 8.36. The van der Waals surface area contributed by atoms with Gasteiger partial charge in [-0.05, 0) is 57.5 Å². The van der Waals surface area contributed by atoms with Crippen LogP contribution in [0.25, 0.3) is 10.6 Å². The molecular formula is C18H23N3O2S. The van der Waals surface area contributed by atoms with E-state index in [1.807, 2.05) is 43.5 Å². The Morgan fingerprint density at radius 1 is 1.38 bits per heavy atom. The molecule has 24 heavy (non-hydrogen) atoms. The Bertz CT molecular complexity index is 676. The summed E-state index contributed by atoms with van der Waals surface area (Å²) in [4.78, 5) is 16.8. The summed E-state index contributed by atoms with van der Waals surface area (Å²) in [5, 5.41) is 9.01. The first-order chi connectivity index (χ1) is 11.6. The standard InChI is InChI=1S/C18H23N3O2S/c1-12(2)23-15-7-5-13(6-8-15)18-21-16(11-24-18)17(22)20-14-4-3-9-19-10-14/h5-8,11-12,14,19H,3-4,9-10H2,1-2H3,(H,20,22)/t14-/m0/s1. The van der Waals surface area contributed by atoms with Gasteiger partial charge >= 0.3 is 0 Å². The number of aromatic nitrogens is 1. The van der Waals surface area contributed by atoms with Crippen molar-refractivity contribution < 1.29 is 9.53 Å². The van der Waals surface area contributed by atoms with Gasteiger partial charge in [-0.25, -0.2) is 4.98 Å². The first kappa shape index (κ1) is 16.9. The zero-order valence-corrected chi connectivity index (χ0v) is 14.9. The van der Waals surface area contributed by atoms with Gasteiger partial charge in [0.1, 0.15) is 16.5 Å². The molecule has 0 spiro atoms. The number of nitrogens with zero attached hydrogens (tertiary/aromatic N) is 1. The van der Waals surface area contributed by atoms with E-state index >= 15 is 0 Å². The second-order valence-corrected chi connectivity index (χ2v) is 7.10. The fourth-order valence-electron chi connectivity index (χ4n) is 2.69. The number of benzene rings is 1. The van der Waals surface area contributed by atoms with Gasteiger partial charge in [-0.2, -0.15) is 0 Å². The Labute approximate surface area is 146 Å². The van der Waals surface area contributed by atoms with Crippen LogP contribution in [0.3, 0.4) is 0 Å². The average molecular weight is 345 g/mol. The molecule has 1 aromatic carbocycles. The molecule has 1 saturated heterocycles. The Morgan fingerprint density at radius 3 is 2.83 bits per heavy atom. The number of thiazole rings is 1. The van der Waals surface area contributed by atoms with Crippen molar-refractivity contribution in [3.8, 4) is 16.3 Å². The third kappa shape index (κ3) is 4.33. The Hall–Kier alpha value is -1.92. The van der Waals surface area contributed by atoms with Crippen molar-refractivity contribution in [3.63, 3.8) is 0 Å². The van der Waals surface area contributed by atoms with E-state index < -0.39 is 0 Å². The van der Waals surface area contributed by atoms with Crippen molar-refractivity contribution in [2.24, 2.45) is 0 Å². The molecule has 2 N–H and O–H groups in total. The second kappa shape index (κ2) is 7.77. The van der Waals surface area contributed by atoms with Crippen molar-refractivity contribution in [2.75, 3.05) is 13.1 Å². The lowest BCUT2D eigenvalue weighted by Gasteiger charge is -2.23. The van der Waals surface area contributed by atoms with Crippen molar-refractivity contribution >= 4 is 17.2 Å². The number of carbonyl (C=O) groups is 1. The lowest BCUT2D eigenvalue weighted by atomic mass is 10.1. The van der Waals surface area contributed by atoms with Crippen LogP contribution >= 0.6 is 11.3 Å². The number of amides is 1. The molecule has 0 unspecified atom stereocenters. The van der Waals surface area contributed by atoms with E-state index in [1.54, 1.807) is 0 Å². The minimum absolute atomic E-state index is 0.0917. The number of rotatable bonds is 5. The SMILES string of the molecule is CC(C)Oc1ccc(-c2nc(C(=O)N[C@H]3CCCNC3)cs2)cc1. The lowest BCUT2D eigenvalue weighted by Crippen LogP contribution is -2.45. The molecule has 1 amide bonds. The van der Waals surface area contributed by atoms with Crippen molar-refractivity contribution in [2.45, 2.75) is 38.8 Å². The van der Waals surface area contributed by atoms with Gasteiger partial charge in [0.05, 0.1) is 6.10 Å². The van der Waals surface area contributed by atoms with Crippen LogP contribution in [-0.4, -0.2) is 36.1 Å². The summed E-state index contributed by atoms with van der Waals surface area (Å²) in [7, 11) is 0. The van der Waals surface area contributed by atoms with E-state index in [-0.39, 0.29) is 18.1 Å². The molecule has 2 heterocycles. The fourth-order valence-corrected chi connectivity index (χ4v) is 3.50. The molecule has 1 aliphatic rings. The van der Waals surface area contributed by atoms with Crippen LogP contribution in [0.4, 0.5) is 0 Å². The van der Waals surface area contributed by atoms with Crippen LogP contribution in [0.2, 0.25) is 0 Å². The Morgan fingerprint density at radius 2 is 2.17 bits per heavy atom. The molecule has 3 rings (SSSR count). The highest BCUT2D eigenvalue weighted by Gasteiger charge is 2.18. The zero-order chi connectivity index (χ0) is 16.9. The van der Waals surface area contributed by atoms with Gasteiger partial charge in [0.2, 0.25) is 0 Å². The summed E-state index contributed by atoms with van der Waals surface area (Å²) in [6.45, 7) is 5.87. The van der Waals surface area contributed by atoms with Crippen LogP contribution in [-0.2, 0) is 0 Å². The van der Waals surface area contributed by atoms with Gasteiger partial charge in [-0.15, -0.1) is 11.3 Å². The number of nitrogens with one attached hydrogen (secondary N) is 2. The number of piperidine rings is 1. The maximum absolute atomic E-state index is 12.3. The van der Waals surface area contributed by atoms with Crippen molar-refractivity contribution in [1.29, 1.82) is 0 Å². The summed E-state index contributed by atoms with van der Waals surface area (Å²) < 4.78 is 5.65. The normalized spacial score (nSPS) is 17.7. The molecule has 0 aliphatic carbocycles. The van der Waals surface area contributed by atoms with E-state index in [4.69, 9.17) is 4.74 Å². The smallest absolute Gasteiger partial charge is 0.271 e. The fraction of sp³-hybridized carbons (Fsp3) is 0.444. The molecule has 0 saturated carbocycles. The quantitative estimate of drug-likeness (QED) is 0.874. The number of carbonyl (C=O) groups excluding carboxylic acids is 1. The summed E-state index contributed by atoms with van der Waals surface area (Å²) >= 11 is 1.48. The largest absolute Gasteiger partial charge is 0.491 e. The maximum Gasteiger partial charge on any atom is 0.271 e. The molecular weight excluding hydrogens is 322 g/mol. The van der Waals surface area contributed by atoms with Crippen LogP contribution in [0, 0.1) is 0 Å². The highest BCUT2D eigenvalue weighted by Crippen LogP contribution is 2.26. The third-order valence-corrected chi connectivity index (χ3v) is 4.73. The summed E-state index contributed by atoms with van der Waals surface area (Å²) in [5.74, 6) is 0.749. The number of ether oxygens (including phenoxy) is 1. The van der Waals surface area contributed by atoms with Crippen LogP contribution in [0.5, 0.6) is 5.75 Å². The van der Waals surface area contributed by atoms with Gasteiger partial charge in [0.25, 0.3) is 5.91 Å². The molecule has 1 aromatic heterocycles.